The fourth-order valence-electron chi connectivity index (χ4n) is 3.59. The van der Waals surface area contributed by atoms with E-state index >= 15 is 0 Å². The van der Waals surface area contributed by atoms with E-state index in [1.54, 1.807) is 30.3 Å². The highest BCUT2D eigenvalue weighted by Crippen LogP contribution is 2.28. The third-order valence-electron chi connectivity index (χ3n) is 5.12. The normalized spacial score (nSPS) is 15.5. The Hall–Kier alpha value is -3.00. The third-order valence-corrected chi connectivity index (χ3v) is 5.94. The summed E-state index contributed by atoms with van der Waals surface area (Å²) in [5.41, 5.74) is 3.33. The highest BCUT2D eigenvalue weighted by Gasteiger charge is 2.34. The highest BCUT2D eigenvalue weighted by atomic mass is 35.5. The minimum Gasteiger partial charge on any atom is -0.318 e. The zero-order valence-corrected chi connectivity index (χ0v) is 19.3. The lowest BCUT2D eigenvalue weighted by atomic mass is 10.1. The van der Waals surface area contributed by atoms with Crippen LogP contribution in [0.15, 0.2) is 54.1 Å². The summed E-state index contributed by atoms with van der Waals surface area (Å²) in [6, 6.07) is 12.8. The Balaban J connectivity index is 1.76. The second-order valence-electron chi connectivity index (χ2n) is 7.19. The van der Waals surface area contributed by atoms with E-state index in [2.05, 4.69) is 5.32 Å². The summed E-state index contributed by atoms with van der Waals surface area (Å²) < 4.78 is 15.5. The van der Waals surface area contributed by atoms with Gasteiger partial charge in [0.2, 0.25) is 0 Å². The number of halogens is 3. The number of carbonyl (C=O) groups is 2. The molecule has 0 bridgehead atoms. The maximum Gasteiger partial charge on any atom is 0.270 e. The number of benzene rings is 2. The van der Waals surface area contributed by atoms with Crippen molar-refractivity contribution in [3.05, 3.63) is 86.9 Å². The lowest BCUT2D eigenvalue weighted by Gasteiger charge is -2.28. The van der Waals surface area contributed by atoms with Crippen LogP contribution in [0.5, 0.6) is 0 Å². The second-order valence-corrected chi connectivity index (χ2v) is 8.42. The number of carbonyl (C=O) groups excluding carboxylic acids is 2. The number of amides is 2. The van der Waals surface area contributed by atoms with Crippen molar-refractivity contribution in [1.82, 2.24) is 9.88 Å². The molecule has 0 atom stereocenters. The van der Waals surface area contributed by atoms with E-state index in [1.165, 1.54) is 23.1 Å². The number of rotatable bonds is 3. The van der Waals surface area contributed by atoms with E-state index in [0.717, 1.165) is 11.4 Å². The topological polar surface area (TPSA) is 54.3 Å². The summed E-state index contributed by atoms with van der Waals surface area (Å²) in [6.07, 6.45) is 1.52. The number of nitrogens with one attached hydrogen (secondary N) is 1. The van der Waals surface area contributed by atoms with E-state index in [4.69, 9.17) is 35.4 Å². The van der Waals surface area contributed by atoms with Gasteiger partial charge in [-0.1, -0.05) is 23.2 Å². The van der Waals surface area contributed by atoms with Gasteiger partial charge in [-0.05, 0) is 86.2 Å². The Morgan fingerprint density at radius 3 is 2.31 bits per heavy atom. The van der Waals surface area contributed by atoms with Gasteiger partial charge in [-0.25, -0.2) is 4.39 Å². The molecule has 2 heterocycles. The average molecular weight is 488 g/mol. The Bertz CT molecular complexity index is 1320. The van der Waals surface area contributed by atoms with Crippen LogP contribution in [0.3, 0.4) is 0 Å². The number of hydrogen-bond donors (Lipinski definition) is 1. The van der Waals surface area contributed by atoms with Gasteiger partial charge in [0.15, 0.2) is 5.11 Å². The summed E-state index contributed by atoms with van der Waals surface area (Å²) in [5.74, 6) is -1.64. The quantitative estimate of drug-likeness (QED) is 0.307. The Labute approximate surface area is 199 Å². The first kappa shape index (κ1) is 22.2. The van der Waals surface area contributed by atoms with Crippen LogP contribution in [0.25, 0.3) is 11.8 Å². The van der Waals surface area contributed by atoms with Crippen LogP contribution in [0.1, 0.15) is 17.0 Å². The fraction of sp³-hybridized carbons (Fsp3) is 0.0870. The van der Waals surface area contributed by atoms with E-state index in [1.807, 2.05) is 24.5 Å². The van der Waals surface area contributed by atoms with Gasteiger partial charge in [-0.15, -0.1) is 0 Å². The molecule has 0 radical (unpaired) electrons. The molecule has 2 aromatic carbocycles. The predicted octanol–water partition coefficient (Wildman–Crippen LogP) is 5.37. The van der Waals surface area contributed by atoms with Gasteiger partial charge in [0, 0.05) is 22.1 Å². The second kappa shape index (κ2) is 8.50. The first-order valence-corrected chi connectivity index (χ1v) is 10.6. The third kappa shape index (κ3) is 3.95. The molecule has 2 amide bonds. The Kier molecular flexibility index (Phi) is 5.90. The number of nitrogens with zero attached hydrogens (tertiary/aromatic N) is 2. The van der Waals surface area contributed by atoms with Crippen LogP contribution in [-0.4, -0.2) is 21.5 Å². The molecule has 0 unspecified atom stereocenters. The number of hydrogen-bond acceptors (Lipinski definition) is 3. The minimum atomic E-state index is -0.583. The molecule has 9 heteroatoms. The maximum absolute atomic E-state index is 13.6. The molecule has 1 fully saturated rings. The van der Waals surface area contributed by atoms with Gasteiger partial charge in [0.05, 0.1) is 10.7 Å². The van der Waals surface area contributed by atoms with Crippen LogP contribution in [0.2, 0.25) is 10.0 Å². The van der Waals surface area contributed by atoms with Gasteiger partial charge in [-0.2, -0.15) is 0 Å². The van der Waals surface area contributed by atoms with E-state index in [-0.39, 0.29) is 15.7 Å². The summed E-state index contributed by atoms with van der Waals surface area (Å²) in [5, 5.41) is 3.07. The van der Waals surface area contributed by atoms with Crippen LogP contribution in [-0.2, 0) is 9.59 Å². The first-order valence-electron chi connectivity index (χ1n) is 9.49. The predicted molar refractivity (Wildman–Crippen MR) is 128 cm³/mol. The fourth-order valence-corrected chi connectivity index (χ4v) is 4.17. The van der Waals surface area contributed by atoms with E-state index in [9.17, 15) is 14.0 Å². The smallest absolute Gasteiger partial charge is 0.270 e. The lowest BCUT2D eigenvalue weighted by Crippen LogP contribution is -2.54. The molecule has 0 aliphatic carbocycles. The van der Waals surface area contributed by atoms with Gasteiger partial charge in [0.25, 0.3) is 11.8 Å². The lowest BCUT2D eigenvalue weighted by molar-refractivity contribution is -0.122. The molecule has 162 valence electrons. The van der Waals surface area contributed by atoms with Crippen molar-refractivity contribution in [3.8, 4) is 5.69 Å². The maximum atomic E-state index is 13.6. The Morgan fingerprint density at radius 2 is 1.66 bits per heavy atom. The summed E-state index contributed by atoms with van der Waals surface area (Å²) in [6.45, 7) is 3.70. The first-order chi connectivity index (χ1) is 15.2. The molecular formula is C23H16Cl2FN3O2S. The van der Waals surface area contributed by atoms with Gasteiger partial charge < -0.3 is 4.57 Å². The summed E-state index contributed by atoms with van der Waals surface area (Å²) >= 11 is 17.1. The molecule has 4 rings (SSSR count). The van der Waals surface area contributed by atoms with Crippen molar-refractivity contribution < 1.29 is 14.0 Å². The van der Waals surface area contributed by atoms with Crippen LogP contribution in [0, 0.1) is 19.7 Å². The van der Waals surface area contributed by atoms with Crippen LogP contribution >= 0.6 is 35.4 Å². The average Bonchev–Trinajstić information content (AvgIpc) is 3.01. The van der Waals surface area contributed by atoms with Crippen molar-refractivity contribution >= 4 is 64.1 Å². The van der Waals surface area contributed by atoms with Crippen molar-refractivity contribution in [3.63, 3.8) is 0 Å². The van der Waals surface area contributed by atoms with Crippen molar-refractivity contribution in [2.24, 2.45) is 0 Å². The van der Waals surface area contributed by atoms with Crippen LogP contribution in [0.4, 0.5) is 10.1 Å². The molecule has 0 spiro atoms. The molecule has 1 aliphatic heterocycles. The molecule has 1 N–H and O–H groups in total. The zero-order chi connectivity index (χ0) is 23.2. The highest BCUT2D eigenvalue weighted by molar-refractivity contribution is 7.80. The number of thiocarbonyl (C=S) groups is 1. The number of aryl methyl sites for hydroxylation is 1. The van der Waals surface area contributed by atoms with E-state index < -0.39 is 17.6 Å². The molecule has 0 saturated carbocycles. The number of aromatic nitrogens is 1. The molecule has 32 heavy (non-hydrogen) atoms. The summed E-state index contributed by atoms with van der Waals surface area (Å²) in [4.78, 5) is 27.1. The standard InChI is InChI=1S/C23H16Cl2FN3O2S/c1-12-9-14(13(2)28(12)17-7-8-20(26)19(25)11-17)10-18-21(30)27-23(32)29(22(18)31)16-5-3-15(24)4-6-16/h3-11H,1-2H3,(H,27,30,32)/b18-10+. The minimum absolute atomic E-state index is 0.00357. The van der Waals surface area contributed by atoms with Gasteiger partial charge in [-0.3, -0.25) is 19.8 Å². The van der Waals surface area contributed by atoms with Crippen molar-refractivity contribution in [2.75, 3.05) is 4.90 Å². The summed E-state index contributed by atoms with van der Waals surface area (Å²) in [7, 11) is 0. The SMILES string of the molecule is Cc1cc(/C=C2\C(=O)NC(=S)N(c3ccc(Cl)cc3)C2=O)c(C)n1-c1ccc(F)c(Cl)c1. The van der Waals surface area contributed by atoms with Gasteiger partial charge in [0.1, 0.15) is 11.4 Å². The molecular weight excluding hydrogens is 472 g/mol. The van der Waals surface area contributed by atoms with Crippen molar-refractivity contribution in [2.45, 2.75) is 13.8 Å². The molecule has 1 saturated heterocycles. The monoisotopic (exact) mass is 487 g/mol. The molecule has 1 aromatic heterocycles. The largest absolute Gasteiger partial charge is 0.318 e. The Morgan fingerprint density at radius 1 is 1.00 bits per heavy atom. The zero-order valence-electron chi connectivity index (χ0n) is 16.9. The van der Waals surface area contributed by atoms with Crippen molar-refractivity contribution in [1.29, 1.82) is 0 Å². The number of anilines is 1. The van der Waals surface area contributed by atoms with Gasteiger partial charge >= 0.3 is 0 Å². The van der Waals surface area contributed by atoms with Crippen LogP contribution < -0.4 is 10.2 Å². The van der Waals surface area contributed by atoms with E-state index in [0.29, 0.717) is 22.0 Å². The molecule has 3 aromatic rings. The molecule has 5 nitrogen and oxygen atoms in total. The molecule has 1 aliphatic rings.